The molecule has 3 nitrogen and oxygen atoms in total. The molecule has 0 radical (unpaired) electrons. The third-order valence-corrected chi connectivity index (χ3v) is 6.17. The van der Waals surface area contributed by atoms with E-state index in [0.717, 1.165) is 18.8 Å². The van der Waals surface area contributed by atoms with E-state index in [4.69, 9.17) is 0 Å². The maximum atomic E-state index is 12.9. The molecule has 0 aromatic heterocycles. The number of nitrogens with zero attached hydrogens (tertiary/aromatic N) is 1. The number of carbonyl (C=O) groups is 1. The fraction of sp³-hybridized carbons (Fsp3) is 0.944. The molecule has 2 aliphatic carbocycles. The first kappa shape index (κ1) is 15.3. The van der Waals surface area contributed by atoms with Gasteiger partial charge in [0, 0.05) is 6.04 Å². The van der Waals surface area contributed by atoms with Crippen molar-refractivity contribution in [3.05, 3.63) is 0 Å². The number of nitrogens with one attached hydrogen (secondary N) is 1. The van der Waals surface area contributed by atoms with E-state index in [2.05, 4.69) is 24.1 Å². The molecule has 0 aromatic rings. The normalized spacial score (nSPS) is 33.2. The molecule has 3 heteroatoms. The Hall–Kier alpha value is -0.570. The Labute approximate surface area is 129 Å². The van der Waals surface area contributed by atoms with Gasteiger partial charge in [0.05, 0.1) is 12.2 Å². The molecule has 21 heavy (non-hydrogen) atoms. The third kappa shape index (κ3) is 2.99. The Morgan fingerprint density at radius 3 is 2.38 bits per heavy atom. The van der Waals surface area contributed by atoms with Crippen LogP contribution in [-0.2, 0) is 4.79 Å². The number of hydrogen-bond donors (Lipinski definition) is 1. The zero-order valence-electron chi connectivity index (χ0n) is 13.8. The largest absolute Gasteiger partial charge is 0.323 e. The minimum absolute atomic E-state index is 0.0875. The standard InChI is InChI=1S/C18H32N2O/c1-3-8-16-18(21)20(13(2)14-9-4-5-10-14)17(19-16)15-11-6-7-12-15/h13-17,19H,3-12H2,1-2H3. The molecule has 1 N–H and O–H groups in total. The van der Waals surface area contributed by atoms with Crippen molar-refractivity contribution in [2.75, 3.05) is 0 Å². The highest BCUT2D eigenvalue weighted by molar-refractivity contribution is 5.84. The summed E-state index contributed by atoms with van der Waals surface area (Å²) < 4.78 is 0. The first-order valence-electron chi connectivity index (χ1n) is 9.30. The van der Waals surface area contributed by atoms with E-state index in [0.29, 0.717) is 24.0 Å². The van der Waals surface area contributed by atoms with Crippen molar-refractivity contribution in [3.8, 4) is 0 Å². The van der Waals surface area contributed by atoms with E-state index < -0.39 is 0 Å². The lowest BCUT2D eigenvalue weighted by Crippen LogP contribution is -2.49. The van der Waals surface area contributed by atoms with Crippen LogP contribution in [0.15, 0.2) is 0 Å². The predicted molar refractivity (Wildman–Crippen MR) is 85.8 cm³/mol. The Kier molecular flexibility index (Phi) is 4.88. The SMILES string of the molecule is CCCC1NC(C2CCCC2)N(C(C)C2CCCC2)C1=O. The molecule has 1 amide bonds. The second-order valence-corrected chi connectivity index (χ2v) is 7.53. The second kappa shape index (κ2) is 6.68. The Bertz CT molecular complexity index is 358. The molecule has 0 spiro atoms. The van der Waals surface area contributed by atoms with Gasteiger partial charge in [0.15, 0.2) is 0 Å². The van der Waals surface area contributed by atoms with Crippen molar-refractivity contribution in [2.24, 2.45) is 11.8 Å². The first-order valence-corrected chi connectivity index (χ1v) is 9.30. The highest BCUT2D eigenvalue weighted by atomic mass is 16.2. The zero-order chi connectivity index (χ0) is 14.8. The van der Waals surface area contributed by atoms with Crippen LogP contribution in [0.4, 0.5) is 0 Å². The van der Waals surface area contributed by atoms with Crippen molar-refractivity contribution >= 4 is 5.91 Å². The Balaban J connectivity index is 1.76. The summed E-state index contributed by atoms with van der Waals surface area (Å²) in [6.45, 7) is 4.49. The number of rotatable bonds is 5. The maximum Gasteiger partial charge on any atom is 0.241 e. The van der Waals surface area contributed by atoms with Gasteiger partial charge in [-0.3, -0.25) is 10.1 Å². The maximum absolute atomic E-state index is 12.9. The van der Waals surface area contributed by atoms with Gasteiger partial charge in [0.2, 0.25) is 5.91 Å². The lowest BCUT2D eigenvalue weighted by molar-refractivity contribution is -0.134. The summed E-state index contributed by atoms with van der Waals surface area (Å²) in [5.41, 5.74) is 0. The van der Waals surface area contributed by atoms with E-state index in [1.165, 1.54) is 51.4 Å². The molecule has 3 rings (SSSR count). The first-order chi connectivity index (χ1) is 10.2. The van der Waals surface area contributed by atoms with Gasteiger partial charge in [-0.05, 0) is 50.9 Å². The lowest BCUT2D eigenvalue weighted by Gasteiger charge is -2.36. The van der Waals surface area contributed by atoms with Crippen LogP contribution >= 0.6 is 0 Å². The summed E-state index contributed by atoms with van der Waals surface area (Å²) in [5, 5.41) is 3.71. The topological polar surface area (TPSA) is 32.3 Å². The summed E-state index contributed by atoms with van der Waals surface area (Å²) in [4.78, 5) is 15.2. The van der Waals surface area contributed by atoms with Gasteiger partial charge < -0.3 is 4.90 Å². The summed E-state index contributed by atoms with van der Waals surface area (Å²) in [6.07, 6.45) is 13.1. The van der Waals surface area contributed by atoms with Gasteiger partial charge in [0.25, 0.3) is 0 Å². The van der Waals surface area contributed by atoms with Crippen molar-refractivity contribution in [1.82, 2.24) is 10.2 Å². The predicted octanol–water partition coefficient (Wildman–Crippen LogP) is 3.68. The van der Waals surface area contributed by atoms with Gasteiger partial charge in [-0.1, -0.05) is 39.0 Å². The van der Waals surface area contributed by atoms with Crippen LogP contribution in [0.3, 0.4) is 0 Å². The lowest BCUT2D eigenvalue weighted by atomic mass is 9.95. The van der Waals surface area contributed by atoms with Crippen molar-refractivity contribution in [1.29, 1.82) is 0 Å². The summed E-state index contributed by atoms with van der Waals surface area (Å²) in [7, 11) is 0. The molecular weight excluding hydrogens is 260 g/mol. The van der Waals surface area contributed by atoms with Gasteiger partial charge in [-0.25, -0.2) is 0 Å². The van der Waals surface area contributed by atoms with Gasteiger partial charge >= 0.3 is 0 Å². The van der Waals surface area contributed by atoms with Crippen LogP contribution in [0, 0.1) is 11.8 Å². The van der Waals surface area contributed by atoms with Crippen LogP contribution in [0.1, 0.15) is 78.1 Å². The third-order valence-electron chi connectivity index (χ3n) is 6.17. The summed E-state index contributed by atoms with van der Waals surface area (Å²) in [6, 6.07) is 0.518. The van der Waals surface area contributed by atoms with Crippen LogP contribution in [0.5, 0.6) is 0 Å². The molecule has 3 unspecified atom stereocenters. The number of amides is 1. The van der Waals surface area contributed by atoms with Crippen LogP contribution in [0.25, 0.3) is 0 Å². The molecule has 1 aliphatic heterocycles. The Morgan fingerprint density at radius 2 is 1.76 bits per heavy atom. The van der Waals surface area contributed by atoms with E-state index >= 15 is 0 Å². The highest BCUT2D eigenvalue weighted by Crippen LogP contribution is 2.37. The van der Waals surface area contributed by atoms with Crippen molar-refractivity contribution in [2.45, 2.75) is 96.3 Å². The molecule has 2 saturated carbocycles. The number of carbonyl (C=O) groups excluding carboxylic acids is 1. The quantitative estimate of drug-likeness (QED) is 0.838. The van der Waals surface area contributed by atoms with Gasteiger partial charge in [-0.15, -0.1) is 0 Å². The fourth-order valence-corrected chi connectivity index (χ4v) is 4.93. The fourth-order valence-electron chi connectivity index (χ4n) is 4.93. The molecule has 3 atom stereocenters. The number of hydrogen-bond acceptors (Lipinski definition) is 2. The molecular formula is C18H32N2O. The zero-order valence-corrected chi connectivity index (χ0v) is 13.8. The van der Waals surface area contributed by atoms with E-state index in [1.54, 1.807) is 0 Å². The minimum atomic E-state index is 0.0875. The van der Waals surface area contributed by atoms with Gasteiger partial charge in [0.1, 0.15) is 0 Å². The van der Waals surface area contributed by atoms with Gasteiger partial charge in [-0.2, -0.15) is 0 Å². The molecule has 1 heterocycles. The highest BCUT2D eigenvalue weighted by Gasteiger charge is 2.46. The molecule has 0 bridgehead atoms. The van der Waals surface area contributed by atoms with E-state index in [-0.39, 0.29) is 6.04 Å². The summed E-state index contributed by atoms with van der Waals surface area (Å²) >= 11 is 0. The molecule has 3 fully saturated rings. The molecule has 1 saturated heterocycles. The summed E-state index contributed by atoms with van der Waals surface area (Å²) in [5.74, 6) is 1.83. The van der Waals surface area contributed by atoms with Crippen LogP contribution < -0.4 is 5.32 Å². The molecule has 3 aliphatic rings. The Morgan fingerprint density at radius 1 is 1.14 bits per heavy atom. The second-order valence-electron chi connectivity index (χ2n) is 7.53. The monoisotopic (exact) mass is 292 g/mol. The average Bonchev–Trinajstić information content (AvgIpc) is 3.20. The van der Waals surface area contributed by atoms with E-state index in [9.17, 15) is 4.79 Å². The van der Waals surface area contributed by atoms with Crippen molar-refractivity contribution < 1.29 is 4.79 Å². The average molecular weight is 292 g/mol. The van der Waals surface area contributed by atoms with E-state index in [1.807, 2.05) is 0 Å². The molecule has 0 aromatic carbocycles. The molecule has 120 valence electrons. The van der Waals surface area contributed by atoms with Crippen LogP contribution in [0.2, 0.25) is 0 Å². The minimum Gasteiger partial charge on any atom is -0.323 e. The smallest absolute Gasteiger partial charge is 0.241 e. The van der Waals surface area contributed by atoms with Crippen LogP contribution in [-0.4, -0.2) is 29.1 Å². The van der Waals surface area contributed by atoms with Crippen molar-refractivity contribution in [3.63, 3.8) is 0 Å².